The molecule has 1 N–H and O–H groups in total. The summed E-state index contributed by atoms with van der Waals surface area (Å²) < 4.78 is 33.8. The van der Waals surface area contributed by atoms with Gasteiger partial charge in [0.05, 0.1) is 12.0 Å². The molecule has 4 rings (SSSR count). The van der Waals surface area contributed by atoms with Crippen molar-refractivity contribution in [3.63, 3.8) is 0 Å². The molecule has 6 nitrogen and oxygen atoms in total. The maximum atomic E-state index is 13.2. The van der Waals surface area contributed by atoms with Crippen LogP contribution in [-0.2, 0) is 23.0 Å². The number of nitrogens with zero attached hydrogens (tertiary/aromatic N) is 1. The van der Waals surface area contributed by atoms with Gasteiger partial charge in [-0.2, -0.15) is 0 Å². The van der Waals surface area contributed by atoms with Crippen LogP contribution < -0.4 is 9.46 Å². The number of amides is 1. The quantitative estimate of drug-likeness (QED) is 0.628. The Morgan fingerprint density at radius 1 is 1.00 bits per heavy atom. The summed E-state index contributed by atoms with van der Waals surface area (Å²) in [7, 11) is -2.15. The highest BCUT2D eigenvalue weighted by Crippen LogP contribution is 2.26. The molecule has 7 heteroatoms. The summed E-state index contributed by atoms with van der Waals surface area (Å²) in [6.07, 6.45) is 0.768. The molecule has 1 aliphatic rings. The molecule has 1 aliphatic heterocycles. The molecule has 32 heavy (non-hydrogen) atoms. The normalized spacial score (nSPS) is 13.4. The third-order valence-corrected chi connectivity index (χ3v) is 7.23. The van der Waals surface area contributed by atoms with E-state index in [2.05, 4.69) is 4.72 Å². The lowest BCUT2D eigenvalue weighted by Crippen LogP contribution is -2.36. The average Bonchev–Trinajstić information content (AvgIpc) is 2.79. The summed E-state index contributed by atoms with van der Waals surface area (Å²) in [5, 5.41) is 0. The Morgan fingerprint density at radius 2 is 1.81 bits per heavy atom. The zero-order chi connectivity index (χ0) is 22.9. The van der Waals surface area contributed by atoms with Gasteiger partial charge in [-0.1, -0.05) is 24.3 Å². The summed E-state index contributed by atoms with van der Waals surface area (Å²) in [5.41, 5.74) is 4.61. The number of methoxy groups -OCH3 is 1. The molecule has 3 aromatic rings. The number of sulfonamides is 1. The predicted octanol–water partition coefficient (Wildman–Crippen LogP) is 4.31. The molecule has 1 amide bonds. The number of fused-ring (bicyclic) bond motifs is 1. The smallest absolute Gasteiger partial charge is 0.262 e. The number of carbonyl (C=O) groups is 1. The second-order valence-corrected chi connectivity index (χ2v) is 9.72. The van der Waals surface area contributed by atoms with Crippen molar-refractivity contribution >= 4 is 21.6 Å². The van der Waals surface area contributed by atoms with Gasteiger partial charge in [-0.15, -0.1) is 0 Å². The highest BCUT2D eigenvalue weighted by Gasteiger charge is 2.23. The Labute approximate surface area is 188 Å². The fourth-order valence-electron chi connectivity index (χ4n) is 3.94. The molecule has 0 atom stereocenters. The molecular weight excluding hydrogens is 424 g/mol. The van der Waals surface area contributed by atoms with E-state index in [9.17, 15) is 13.2 Å². The number of benzene rings is 3. The van der Waals surface area contributed by atoms with E-state index in [4.69, 9.17) is 4.74 Å². The number of aryl methyl sites for hydroxylation is 2. The zero-order valence-electron chi connectivity index (χ0n) is 18.4. The summed E-state index contributed by atoms with van der Waals surface area (Å²) in [4.78, 5) is 15.2. The molecule has 3 aromatic carbocycles. The monoisotopic (exact) mass is 450 g/mol. The lowest BCUT2D eigenvalue weighted by Gasteiger charge is -2.29. The van der Waals surface area contributed by atoms with Crippen LogP contribution in [0.2, 0.25) is 0 Å². The second kappa shape index (κ2) is 8.67. The van der Waals surface area contributed by atoms with Gasteiger partial charge in [0.2, 0.25) is 0 Å². The van der Waals surface area contributed by atoms with Crippen LogP contribution in [0.4, 0.5) is 5.69 Å². The third-order valence-electron chi connectivity index (χ3n) is 5.71. The van der Waals surface area contributed by atoms with Crippen molar-refractivity contribution in [2.24, 2.45) is 0 Å². The number of ether oxygens (including phenoxy) is 1. The van der Waals surface area contributed by atoms with Crippen molar-refractivity contribution in [2.45, 2.75) is 31.7 Å². The van der Waals surface area contributed by atoms with Crippen molar-refractivity contribution in [1.29, 1.82) is 0 Å². The number of nitrogens with one attached hydrogen (secondary N) is 1. The Hall–Kier alpha value is -3.32. The molecule has 166 valence electrons. The molecule has 0 bridgehead atoms. The van der Waals surface area contributed by atoms with Gasteiger partial charge in [0.15, 0.2) is 0 Å². The zero-order valence-corrected chi connectivity index (χ0v) is 19.2. The van der Waals surface area contributed by atoms with E-state index < -0.39 is 10.0 Å². The average molecular weight is 451 g/mol. The largest absolute Gasteiger partial charge is 0.497 e. The number of hydrogen-bond donors (Lipinski definition) is 1. The fraction of sp³-hybridized carbons (Fsp3) is 0.240. The molecule has 0 saturated carbocycles. The summed E-state index contributed by atoms with van der Waals surface area (Å²) in [5.74, 6) is 0.632. The predicted molar refractivity (Wildman–Crippen MR) is 125 cm³/mol. The van der Waals surface area contributed by atoms with Crippen molar-refractivity contribution < 1.29 is 17.9 Å². The Morgan fingerprint density at radius 3 is 2.59 bits per heavy atom. The number of rotatable bonds is 5. The van der Waals surface area contributed by atoms with Gasteiger partial charge < -0.3 is 9.64 Å². The molecular formula is C25H26N2O4S. The molecule has 0 fully saturated rings. The summed E-state index contributed by atoms with van der Waals surface area (Å²) in [6, 6.07) is 17.9. The highest BCUT2D eigenvalue weighted by atomic mass is 32.2. The van der Waals surface area contributed by atoms with Crippen molar-refractivity contribution in [3.8, 4) is 5.75 Å². The van der Waals surface area contributed by atoms with Crippen LogP contribution in [0, 0.1) is 13.8 Å². The highest BCUT2D eigenvalue weighted by molar-refractivity contribution is 7.92. The van der Waals surface area contributed by atoms with Crippen LogP contribution in [0.25, 0.3) is 0 Å². The first-order valence-electron chi connectivity index (χ1n) is 10.4. The van der Waals surface area contributed by atoms with Gasteiger partial charge in [0.25, 0.3) is 15.9 Å². The maximum Gasteiger partial charge on any atom is 0.262 e. The van der Waals surface area contributed by atoms with E-state index in [1.807, 2.05) is 31.2 Å². The SMILES string of the molecule is COc1ccc2c(c1)CN(C(=O)c1cccc(NS(=O)(=O)c3cc(C)ccc3C)c1)CC2. The second-order valence-electron chi connectivity index (χ2n) is 8.07. The van der Waals surface area contributed by atoms with Gasteiger partial charge in [-0.25, -0.2) is 8.42 Å². The van der Waals surface area contributed by atoms with Crippen LogP contribution in [0.3, 0.4) is 0 Å². The fourth-order valence-corrected chi connectivity index (χ4v) is 5.32. The molecule has 0 aromatic heterocycles. The first-order chi connectivity index (χ1) is 15.3. The van der Waals surface area contributed by atoms with E-state index in [1.54, 1.807) is 55.3 Å². The summed E-state index contributed by atoms with van der Waals surface area (Å²) >= 11 is 0. The molecule has 0 spiro atoms. The number of anilines is 1. The minimum absolute atomic E-state index is 0.133. The van der Waals surface area contributed by atoms with Crippen LogP contribution in [0.5, 0.6) is 5.75 Å². The Kier molecular flexibility index (Phi) is 5.93. The van der Waals surface area contributed by atoms with Crippen molar-refractivity contribution in [1.82, 2.24) is 4.90 Å². The van der Waals surface area contributed by atoms with Crippen LogP contribution >= 0.6 is 0 Å². The van der Waals surface area contributed by atoms with Gasteiger partial charge in [-0.05, 0) is 78.9 Å². The van der Waals surface area contributed by atoms with Crippen molar-refractivity contribution in [3.05, 3.63) is 88.5 Å². The first-order valence-corrected chi connectivity index (χ1v) is 11.9. The van der Waals surface area contributed by atoms with E-state index in [1.165, 1.54) is 5.56 Å². The first kappa shape index (κ1) is 21.9. The van der Waals surface area contributed by atoms with Gasteiger partial charge >= 0.3 is 0 Å². The Bertz CT molecular complexity index is 1280. The molecule has 1 heterocycles. The van der Waals surface area contributed by atoms with E-state index in [-0.39, 0.29) is 10.8 Å². The molecule has 0 unspecified atom stereocenters. The van der Waals surface area contributed by atoms with Crippen LogP contribution in [0.1, 0.15) is 32.6 Å². The standard InChI is InChI=1S/C25H26N2O4S/c1-17-7-8-18(2)24(13-17)32(29,30)26-22-6-4-5-20(14-22)25(28)27-12-11-19-9-10-23(31-3)15-21(19)16-27/h4-10,13-15,26H,11-12,16H2,1-3H3. The molecule has 0 radical (unpaired) electrons. The van der Waals surface area contributed by atoms with Crippen LogP contribution in [0.15, 0.2) is 65.6 Å². The maximum absolute atomic E-state index is 13.2. The molecule has 0 aliphatic carbocycles. The minimum atomic E-state index is -3.77. The van der Waals surface area contributed by atoms with E-state index in [0.717, 1.165) is 23.3 Å². The Balaban J connectivity index is 1.55. The lowest BCUT2D eigenvalue weighted by atomic mass is 9.98. The minimum Gasteiger partial charge on any atom is -0.497 e. The van der Waals surface area contributed by atoms with Crippen molar-refractivity contribution in [2.75, 3.05) is 18.4 Å². The van der Waals surface area contributed by atoms with E-state index >= 15 is 0 Å². The van der Waals surface area contributed by atoms with Gasteiger partial charge in [0.1, 0.15) is 5.75 Å². The third kappa shape index (κ3) is 4.48. The number of carbonyl (C=O) groups excluding carboxylic acids is 1. The summed E-state index contributed by atoms with van der Waals surface area (Å²) in [6.45, 7) is 4.71. The van der Waals surface area contributed by atoms with Gasteiger partial charge in [-0.3, -0.25) is 9.52 Å². The lowest BCUT2D eigenvalue weighted by molar-refractivity contribution is 0.0734. The number of hydrogen-bond acceptors (Lipinski definition) is 4. The molecule has 0 saturated heterocycles. The van der Waals surface area contributed by atoms with Gasteiger partial charge in [0, 0.05) is 24.3 Å². The van der Waals surface area contributed by atoms with E-state index in [0.29, 0.717) is 29.9 Å². The topological polar surface area (TPSA) is 75.7 Å². The van der Waals surface area contributed by atoms with Crippen LogP contribution in [-0.4, -0.2) is 32.9 Å².